The summed E-state index contributed by atoms with van der Waals surface area (Å²) in [4.78, 5) is 20.5. The maximum atomic E-state index is 4.96. The minimum atomic E-state index is 0.390. The standard InChI is InChI=1S/C20H26N6/c1-13-10-14(2)26-12-15(22-20(26)21-13)11-25-9-5-8-18(25)19-23-16-6-3-4-7-17(16)24-19/h10,12,18H,3-9,11H2,1-2H3,(H,23,24). The van der Waals surface area contributed by atoms with E-state index in [-0.39, 0.29) is 0 Å². The summed E-state index contributed by atoms with van der Waals surface area (Å²) in [7, 11) is 0. The maximum Gasteiger partial charge on any atom is 0.234 e. The Morgan fingerprint density at radius 3 is 2.88 bits per heavy atom. The van der Waals surface area contributed by atoms with Gasteiger partial charge in [-0.3, -0.25) is 9.30 Å². The molecule has 0 saturated carbocycles. The Morgan fingerprint density at radius 2 is 2.00 bits per heavy atom. The van der Waals surface area contributed by atoms with Gasteiger partial charge in [-0.15, -0.1) is 0 Å². The Kier molecular flexibility index (Phi) is 3.81. The summed E-state index contributed by atoms with van der Waals surface area (Å²) < 4.78 is 2.10. The van der Waals surface area contributed by atoms with E-state index in [0.717, 1.165) is 43.1 Å². The molecule has 3 aromatic heterocycles. The minimum absolute atomic E-state index is 0.390. The zero-order valence-corrected chi connectivity index (χ0v) is 15.6. The van der Waals surface area contributed by atoms with Crippen molar-refractivity contribution in [3.63, 3.8) is 0 Å². The number of aromatic amines is 1. The first-order valence-corrected chi connectivity index (χ1v) is 9.81. The first kappa shape index (κ1) is 16.0. The molecule has 2 aliphatic rings. The van der Waals surface area contributed by atoms with Gasteiger partial charge in [0.2, 0.25) is 5.78 Å². The van der Waals surface area contributed by atoms with E-state index in [1.807, 2.05) is 6.92 Å². The van der Waals surface area contributed by atoms with Crippen molar-refractivity contribution in [1.29, 1.82) is 0 Å². The number of aryl methyl sites for hydroxylation is 4. The third-order valence-electron chi connectivity index (χ3n) is 5.83. The summed E-state index contributed by atoms with van der Waals surface area (Å²) in [6, 6.07) is 2.49. The van der Waals surface area contributed by atoms with E-state index in [2.05, 4.69) is 38.5 Å². The van der Waals surface area contributed by atoms with Crippen molar-refractivity contribution in [2.24, 2.45) is 0 Å². The molecule has 1 fully saturated rings. The number of aromatic nitrogens is 5. The van der Waals surface area contributed by atoms with Crippen LogP contribution in [-0.4, -0.2) is 35.8 Å². The number of rotatable bonds is 3. The number of fused-ring (bicyclic) bond motifs is 2. The molecule has 0 spiro atoms. The molecule has 0 radical (unpaired) electrons. The van der Waals surface area contributed by atoms with E-state index in [1.54, 1.807) is 0 Å². The molecule has 26 heavy (non-hydrogen) atoms. The molecule has 3 aromatic rings. The van der Waals surface area contributed by atoms with Gasteiger partial charge < -0.3 is 4.98 Å². The molecular weight excluding hydrogens is 324 g/mol. The van der Waals surface area contributed by atoms with Crippen molar-refractivity contribution in [3.05, 3.63) is 46.6 Å². The van der Waals surface area contributed by atoms with E-state index < -0.39 is 0 Å². The first-order chi connectivity index (χ1) is 12.7. The fraction of sp³-hybridized carbons (Fsp3) is 0.550. The predicted molar refractivity (Wildman–Crippen MR) is 100 cm³/mol. The van der Waals surface area contributed by atoms with Crippen molar-refractivity contribution in [3.8, 4) is 0 Å². The number of nitrogens with zero attached hydrogens (tertiary/aromatic N) is 5. The van der Waals surface area contributed by atoms with Gasteiger partial charge in [-0.1, -0.05) is 0 Å². The van der Waals surface area contributed by atoms with Crippen LogP contribution in [0.4, 0.5) is 0 Å². The van der Waals surface area contributed by atoms with E-state index in [4.69, 9.17) is 9.97 Å². The topological polar surface area (TPSA) is 62.1 Å². The highest BCUT2D eigenvalue weighted by atomic mass is 15.2. The van der Waals surface area contributed by atoms with Gasteiger partial charge in [-0.2, -0.15) is 0 Å². The highest BCUT2D eigenvalue weighted by molar-refractivity contribution is 5.34. The summed E-state index contributed by atoms with van der Waals surface area (Å²) in [5.41, 5.74) is 5.98. The average molecular weight is 350 g/mol. The van der Waals surface area contributed by atoms with Gasteiger partial charge in [0.1, 0.15) is 5.82 Å². The molecule has 0 amide bonds. The lowest BCUT2D eigenvalue weighted by atomic mass is 10.0. The Labute approximate surface area is 153 Å². The summed E-state index contributed by atoms with van der Waals surface area (Å²) in [6.45, 7) is 6.10. The predicted octanol–water partition coefficient (Wildman–Crippen LogP) is 3.29. The normalized spacial score (nSPS) is 20.8. The third-order valence-corrected chi connectivity index (χ3v) is 5.83. The van der Waals surface area contributed by atoms with Crippen LogP contribution in [0.15, 0.2) is 12.3 Å². The van der Waals surface area contributed by atoms with Gasteiger partial charge in [0, 0.05) is 29.8 Å². The second kappa shape index (κ2) is 6.20. The fourth-order valence-electron chi connectivity index (χ4n) is 4.56. The van der Waals surface area contributed by atoms with Crippen LogP contribution in [0, 0.1) is 13.8 Å². The molecule has 6 nitrogen and oxygen atoms in total. The van der Waals surface area contributed by atoms with E-state index in [1.165, 1.54) is 48.6 Å². The molecule has 1 saturated heterocycles. The van der Waals surface area contributed by atoms with Crippen LogP contribution in [0.25, 0.3) is 5.78 Å². The van der Waals surface area contributed by atoms with Crippen LogP contribution in [0.2, 0.25) is 0 Å². The van der Waals surface area contributed by atoms with Crippen molar-refractivity contribution in [1.82, 2.24) is 29.2 Å². The Bertz CT molecular complexity index is 929. The SMILES string of the molecule is Cc1cc(C)n2cc(CN3CCCC3c3nc4c([nH]3)CCCC4)nc2n1. The average Bonchev–Trinajstić information content (AvgIpc) is 3.31. The molecule has 1 unspecified atom stereocenters. The lowest BCUT2D eigenvalue weighted by molar-refractivity contribution is 0.238. The summed E-state index contributed by atoms with van der Waals surface area (Å²) in [5, 5.41) is 0. The second-order valence-electron chi connectivity index (χ2n) is 7.82. The molecule has 1 aliphatic heterocycles. The maximum absolute atomic E-state index is 4.96. The van der Waals surface area contributed by atoms with Crippen molar-refractivity contribution < 1.29 is 0 Å². The number of hydrogen-bond acceptors (Lipinski definition) is 4. The first-order valence-electron chi connectivity index (χ1n) is 9.81. The molecule has 0 aromatic carbocycles. The van der Waals surface area contributed by atoms with Gasteiger partial charge in [-0.25, -0.2) is 15.0 Å². The third kappa shape index (κ3) is 2.72. The monoisotopic (exact) mass is 350 g/mol. The number of H-pyrrole nitrogens is 1. The number of hydrogen-bond donors (Lipinski definition) is 1. The van der Waals surface area contributed by atoms with Crippen LogP contribution in [-0.2, 0) is 19.4 Å². The second-order valence-corrected chi connectivity index (χ2v) is 7.82. The minimum Gasteiger partial charge on any atom is -0.344 e. The number of nitrogens with one attached hydrogen (secondary N) is 1. The Morgan fingerprint density at radius 1 is 1.12 bits per heavy atom. The molecule has 136 valence electrons. The molecule has 1 aliphatic carbocycles. The summed E-state index contributed by atoms with van der Waals surface area (Å²) >= 11 is 0. The van der Waals surface area contributed by atoms with Gasteiger partial charge in [0.25, 0.3) is 0 Å². The van der Waals surface area contributed by atoms with Gasteiger partial charge in [-0.05, 0) is 65.0 Å². The van der Waals surface area contributed by atoms with E-state index >= 15 is 0 Å². The number of likely N-dealkylation sites (tertiary alicyclic amines) is 1. The molecule has 5 rings (SSSR count). The van der Waals surface area contributed by atoms with Crippen LogP contribution >= 0.6 is 0 Å². The largest absolute Gasteiger partial charge is 0.344 e. The zero-order chi connectivity index (χ0) is 17.7. The van der Waals surface area contributed by atoms with Crippen LogP contribution in [0.1, 0.15) is 66.0 Å². The van der Waals surface area contributed by atoms with E-state index in [9.17, 15) is 0 Å². The highest BCUT2D eigenvalue weighted by Crippen LogP contribution is 2.33. The van der Waals surface area contributed by atoms with Crippen molar-refractivity contribution in [2.75, 3.05) is 6.54 Å². The lowest BCUT2D eigenvalue weighted by Crippen LogP contribution is -2.23. The van der Waals surface area contributed by atoms with Crippen LogP contribution < -0.4 is 0 Å². The molecular formula is C20H26N6. The van der Waals surface area contributed by atoms with Crippen LogP contribution in [0.5, 0.6) is 0 Å². The quantitative estimate of drug-likeness (QED) is 0.787. The van der Waals surface area contributed by atoms with Crippen molar-refractivity contribution >= 4 is 5.78 Å². The summed E-state index contributed by atoms with van der Waals surface area (Å²) in [6.07, 6.45) is 9.39. The van der Waals surface area contributed by atoms with E-state index in [0.29, 0.717) is 6.04 Å². The van der Waals surface area contributed by atoms with Gasteiger partial charge in [0.05, 0.1) is 17.4 Å². The molecule has 1 atom stereocenters. The Balaban J connectivity index is 1.41. The van der Waals surface area contributed by atoms with Crippen molar-refractivity contribution in [2.45, 2.75) is 65.0 Å². The van der Waals surface area contributed by atoms with Gasteiger partial charge >= 0.3 is 0 Å². The Hall–Kier alpha value is -2.21. The van der Waals surface area contributed by atoms with Gasteiger partial charge in [0.15, 0.2) is 0 Å². The fourth-order valence-corrected chi connectivity index (χ4v) is 4.56. The smallest absolute Gasteiger partial charge is 0.234 e. The van der Waals surface area contributed by atoms with Crippen LogP contribution in [0.3, 0.4) is 0 Å². The summed E-state index contributed by atoms with van der Waals surface area (Å²) in [5.74, 6) is 1.98. The lowest BCUT2D eigenvalue weighted by Gasteiger charge is -2.21. The molecule has 4 heterocycles. The number of imidazole rings is 2. The zero-order valence-electron chi connectivity index (χ0n) is 15.6. The molecule has 0 bridgehead atoms. The highest BCUT2D eigenvalue weighted by Gasteiger charge is 2.30. The molecule has 1 N–H and O–H groups in total. The molecule has 6 heteroatoms.